The molecule has 2 fully saturated rings. The highest BCUT2D eigenvalue weighted by Gasteiger charge is 2.28. The third-order valence-electron chi connectivity index (χ3n) is 4.90. The van der Waals surface area contributed by atoms with Crippen LogP contribution in [0.1, 0.15) is 25.7 Å². The summed E-state index contributed by atoms with van der Waals surface area (Å²) in [4.78, 5) is 15.8. The lowest BCUT2D eigenvalue weighted by Gasteiger charge is -2.38. The molecule has 1 unspecified atom stereocenters. The molecule has 2 saturated heterocycles. The molecular formula is C17H25N3O3. The topological polar surface area (TPSA) is 58.9 Å². The number of morpholine rings is 1. The molecule has 1 aromatic carbocycles. The van der Waals surface area contributed by atoms with Crippen LogP contribution in [0.25, 0.3) is 0 Å². The van der Waals surface area contributed by atoms with E-state index in [-0.39, 0.29) is 10.6 Å². The molecule has 6 heteroatoms. The first kappa shape index (κ1) is 16.2. The molecule has 0 bridgehead atoms. The number of hydrogen-bond donors (Lipinski definition) is 0. The predicted molar refractivity (Wildman–Crippen MR) is 90.0 cm³/mol. The van der Waals surface area contributed by atoms with Crippen LogP contribution in [-0.4, -0.2) is 55.3 Å². The highest BCUT2D eigenvalue weighted by atomic mass is 16.6. The van der Waals surface area contributed by atoms with Gasteiger partial charge in [0.25, 0.3) is 5.69 Å². The van der Waals surface area contributed by atoms with E-state index in [2.05, 4.69) is 9.80 Å². The van der Waals surface area contributed by atoms with Gasteiger partial charge in [0, 0.05) is 38.3 Å². The molecule has 1 aromatic rings. The Bertz CT molecular complexity index is 532. The van der Waals surface area contributed by atoms with Crippen molar-refractivity contribution in [3.63, 3.8) is 0 Å². The molecule has 2 aliphatic rings. The average Bonchev–Trinajstić information content (AvgIpc) is 2.61. The van der Waals surface area contributed by atoms with Gasteiger partial charge in [0.2, 0.25) is 0 Å². The predicted octanol–water partition coefficient (Wildman–Crippen LogP) is 2.68. The summed E-state index contributed by atoms with van der Waals surface area (Å²) in [7, 11) is 0. The van der Waals surface area contributed by atoms with Crippen LogP contribution in [-0.2, 0) is 4.74 Å². The van der Waals surface area contributed by atoms with Crippen molar-refractivity contribution in [3.8, 4) is 0 Å². The minimum atomic E-state index is -0.261. The van der Waals surface area contributed by atoms with Gasteiger partial charge in [0.05, 0.1) is 18.1 Å². The van der Waals surface area contributed by atoms with Crippen molar-refractivity contribution >= 4 is 11.4 Å². The number of hydrogen-bond acceptors (Lipinski definition) is 5. The van der Waals surface area contributed by atoms with Crippen molar-refractivity contribution < 1.29 is 9.66 Å². The molecule has 3 rings (SSSR count). The second kappa shape index (κ2) is 7.75. The van der Waals surface area contributed by atoms with Gasteiger partial charge < -0.3 is 9.64 Å². The summed E-state index contributed by atoms with van der Waals surface area (Å²) < 4.78 is 5.40. The van der Waals surface area contributed by atoms with Crippen LogP contribution >= 0.6 is 0 Å². The van der Waals surface area contributed by atoms with E-state index < -0.39 is 0 Å². The third kappa shape index (κ3) is 4.00. The van der Waals surface area contributed by atoms with E-state index >= 15 is 0 Å². The van der Waals surface area contributed by atoms with Crippen molar-refractivity contribution in [1.82, 2.24) is 4.90 Å². The molecule has 0 N–H and O–H groups in total. The van der Waals surface area contributed by atoms with Gasteiger partial charge in [-0.15, -0.1) is 0 Å². The van der Waals surface area contributed by atoms with Gasteiger partial charge in [-0.2, -0.15) is 0 Å². The first-order valence-electron chi connectivity index (χ1n) is 8.56. The second-order valence-corrected chi connectivity index (χ2v) is 6.33. The molecule has 6 nitrogen and oxygen atoms in total. The van der Waals surface area contributed by atoms with Crippen LogP contribution in [0.3, 0.4) is 0 Å². The van der Waals surface area contributed by atoms with Gasteiger partial charge >= 0.3 is 0 Å². The Labute approximate surface area is 137 Å². The maximum absolute atomic E-state index is 11.3. The number of anilines is 1. The monoisotopic (exact) mass is 319 g/mol. The normalized spacial score (nSPS) is 23.0. The Hall–Kier alpha value is -1.66. The lowest BCUT2D eigenvalue weighted by atomic mass is 9.97. The molecule has 23 heavy (non-hydrogen) atoms. The quantitative estimate of drug-likeness (QED) is 0.617. The van der Waals surface area contributed by atoms with E-state index in [1.807, 2.05) is 12.1 Å². The summed E-state index contributed by atoms with van der Waals surface area (Å²) in [5.41, 5.74) is 1.01. The average molecular weight is 319 g/mol. The Balaban J connectivity index is 1.70. The van der Waals surface area contributed by atoms with E-state index in [0.29, 0.717) is 6.04 Å². The second-order valence-electron chi connectivity index (χ2n) is 6.33. The number of para-hydroxylation sites is 2. The van der Waals surface area contributed by atoms with Crippen molar-refractivity contribution in [2.45, 2.75) is 31.7 Å². The van der Waals surface area contributed by atoms with Crippen LogP contribution in [0.5, 0.6) is 0 Å². The van der Waals surface area contributed by atoms with Gasteiger partial charge in [-0.05, 0) is 31.7 Å². The number of nitro benzene ring substituents is 1. The Morgan fingerprint density at radius 3 is 2.74 bits per heavy atom. The van der Waals surface area contributed by atoms with Gasteiger partial charge in [-0.1, -0.05) is 12.1 Å². The first-order valence-corrected chi connectivity index (χ1v) is 8.56. The molecular weight excluding hydrogens is 294 g/mol. The van der Waals surface area contributed by atoms with Crippen LogP contribution in [0.15, 0.2) is 24.3 Å². The Morgan fingerprint density at radius 1 is 1.17 bits per heavy atom. The SMILES string of the molecule is O=[N+]([O-])c1ccccc1N1CCCCC1CCN1CCOCC1. The minimum Gasteiger partial charge on any atom is -0.379 e. The molecule has 0 spiro atoms. The van der Waals surface area contributed by atoms with Crippen molar-refractivity contribution in [2.75, 3.05) is 44.3 Å². The molecule has 0 saturated carbocycles. The fourth-order valence-corrected chi connectivity index (χ4v) is 3.64. The molecule has 0 radical (unpaired) electrons. The maximum atomic E-state index is 11.3. The van der Waals surface area contributed by atoms with Gasteiger partial charge in [0.1, 0.15) is 5.69 Å². The standard InChI is InChI=1S/C17H25N3O3/c21-20(22)17-7-2-1-6-16(17)19-9-4-3-5-15(19)8-10-18-11-13-23-14-12-18/h1-2,6-7,15H,3-5,8-14H2. The number of benzene rings is 1. The third-order valence-corrected chi connectivity index (χ3v) is 4.90. The molecule has 2 aliphatic heterocycles. The molecule has 1 atom stereocenters. The molecule has 2 heterocycles. The first-order chi connectivity index (χ1) is 11.3. The van der Waals surface area contributed by atoms with Crippen LogP contribution in [0.2, 0.25) is 0 Å². The lowest BCUT2D eigenvalue weighted by molar-refractivity contribution is -0.384. The summed E-state index contributed by atoms with van der Waals surface area (Å²) in [6.07, 6.45) is 4.51. The Morgan fingerprint density at radius 2 is 1.96 bits per heavy atom. The molecule has 0 aromatic heterocycles. The minimum absolute atomic E-state index is 0.228. The highest BCUT2D eigenvalue weighted by molar-refractivity contribution is 5.63. The Kier molecular flexibility index (Phi) is 5.46. The summed E-state index contributed by atoms with van der Waals surface area (Å²) >= 11 is 0. The zero-order chi connectivity index (χ0) is 16.1. The number of ether oxygens (including phenoxy) is 1. The number of nitrogens with zero attached hydrogens (tertiary/aromatic N) is 3. The summed E-state index contributed by atoms with van der Waals surface area (Å²) in [6, 6.07) is 7.55. The lowest BCUT2D eigenvalue weighted by Crippen LogP contribution is -2.44. The zero-order valence-electron chi connectivity index (χ0n) is 13.5. The van der Waals surface area contributed by atoms with Crippen LogP contribution in [0, 0.1) is 10.1 Å². The molecule has 126 valence electrons. The summed E-state index contributed by atoms with van der Waals surface area (Å²) in [5.74, 6) is 0. The van der Waals surface area contributed by atoms with Crippen LogP contribution in [0.4, 0.5) is 11.4 Å². The zero-order valence-corrected chi connectivity index (χ0v) is 13.5. The van der Waals surface area contributed by atoms with Gasteiger partial charge in [-0.3, -0.25) is 15.0 Å². The summed E-state index contributed by atoms with van der Waals surface area (Å²) in [6.45, 7) is 5.59. The fraction of sp³-hybridized carbons (Fsp3) is 0.647. The highest BCUT2D eigenvalue weighted by Crippen LogP contribution is 2.33. The van der Waals surface area contributed by atoms with Crippen molar-refractivity contribution in [1.29, 1.82) is 0 Å². The largest absolute Gasteiger partial charge is 0.379 e. The van der Waals surface area contributed by atoms with Crippen molar-refractivity contribution in [3.05, 3.63) is 34.4 Å². The smallest absolute Gasteiger partial charge is 0.292 e. The van der Waals surface area contributed by atoms with Gasteiger partial charge in [0.15, 0.2) is 0 Å². The molecule has 0 amide bonds. The summed E-state index contributed by atoms with van der Waals surface area (Å²) in [5, 5.41) is 11.3. The van der Waals surface area contributed by atoms with E-state index in [9.17, 15) is 10.1 Å². The van der Waals surface area contributed by atoms with Crippen LogP contribution < -0.4 is 4.90 Å². The van der Waals surface area contributed by atoms with E-state index in [1.54, 1.807) is 12.1 Å². The van der Waals surface area contributed by atoms with E-state index in [0.717, 1.165) is 64.3 Å². The number of nitro groups is 1. The van der Waals surface area contributed by atoms with Crippen molar-refractivity contribution in [2.24, 2.45) is 0 Å². The van der Waals surface area contributed by atoms with E-state index in [4.69, 9.17) is 4.74 Å². The number of rotatable bonds is 5. The fourth-order valence-electron chi connectivity index (χ4n) is 3.64. The number of piperidine rings is 1. The maximum Gasteiger partial charge on any atom is 0.292 e. The van der Waals surface area contributed by atoms with E-state index in [1.165, 1.54) is 6.42 Å². The van der Waals surface area contributed by atoms with Gasteiger partial charge in [-0.25, -0.2) is 0 Å². The molecule has 0 aliphatic carbocycles.